The molecule has 5 nitrogen and oxygen atoms in total. The molecule has 0 N–H and O–H groups in total. The van der Waals surface area contributed by atoms with Crippen molar-refractivity contribution in [2.24, 2.45) is 0 Å². The van der Waals surface area contributed by atoms with E-state index in [0.717, 1.165) is 0 Å². The number of ether oxygens (including phenoxy) is 3. The Kier molecular flexibility index (Phi) is 4.92. The summed E-state index contributed by atoms with van der Waals surface area (Å²) in [5.74, 6) is -0.103. The molecule has 0 aliphatic carbocycles. The van der Waals surface area contributed by atoms with Crippen LogP contribution < -0.4 is 4.74 Å². The van der Waals surface area contributed by atoms with Crippen molar-refractivity contribution < 1.29 is 23.8 Å². The molecule has 104 valence electrons. The Hall–Kier alpha value is -2.04. The lowest BCUT2D eigenvalue weighted by atomic mass is 10.2. The van der Waals surface area contributed by atoms with Gasteiger partial charge in [-0.15, -0.1) is 0 Å². The predicted molar refractivity (Wildman–Crippen MR) is 69.3 cm³/mol. The van der Waals surface area contributed by atoms with Gasteiger partial charge in [-0.3, -0.25) is 0 Å². The van der Waals surface area contributed by atoms with E-state index in [1.165, 1.54) is 24.3 Å². The second-order valence-corrected chi connectivity index (χ2v) is 4.81. The molecule has 0 radical (unpaired) electrons. The van der Waals surface area contributed by atoms with Crippen molar-refractivity contribution in [3.63, 3.8) is 0 Å². The fraction of sp³-hybridized carbons (Fsp3) is 0.429. The number of esters is 1. The van der Waals surface area contributed by atoms with Gasteiger partial charge in [0.25, 0.3) is 0 Å². The van der Waals surface area contributed by atoms with Crippen molar-refractivity contribution in [1.82, 2.24) is 0 Å². The third-order valence-electron chi connectivity index (χ3n) is 1.96. The third kappa shape index (κ3) is 5.42. The van der Waals surface area contributed by atoms with Crippen molar-refractivity contribution in [2.75, 3.05) is 6.61 Å². The number of rotatable bonds is 3. The highest BCUT2D eigenvalue weighted by atomic mass is 16.7. The minimum Gasteiger partial charge on any atom is -0.462 e. The molecule has 0 aromatic heterocycles. The van der Waals surface area contributed by atoms with Crippen molar-refractivity contribution in [1.29, 1.82) is 0 Å². The summed E-state index contributed by atoms with van der Waals surface area (Å²) in [6, 6.07) is 6.07. The van der Waals surface area contributed by atoms with E-state index in [0.29, 0.717) is 17.9 Å². The Morgan fingerprint density at radius 1 is 1.11 bits per heavy atom. The highest BCUT2D eigenvalue weighted by Gasteiger charge is 2.18. The van der Waals surface area contributed by atoms with E-state index in [2.05, 4.69) is 0 Å². The third-order valence-corrected chi connectivity index (χ3v) is 1.96. The Balaban J connectivity index is 2.62. The smallest absolute Gasteiger partial charge is 0.462 e. The molecule has 0 aliphatic rings. The summed E-state index contributed by atoms with van der Waals surface area (Å²) >= 11 is 0. The Bertz CT molecular complexity index is 442. The van der Waals surface area contributed by atoms with Gasteiger partial charge in [-0.1, -0.05) is 0 Å². The van der Waals surface area contributed by atoms with Crippen molar-refractivity contribution in [3.05, 3.63) is 29.8 Å². The molecule has 0 bridgehead atoms. The van der Waals surface area contributed by atoms with Crippen LogP contribution in [0, 0.1) is 0 Å². The van der Waals surface area contributed by atoms with Crippen LogP contribution in [0.2, 0.25) is 0 Å². The maximum absolute atomic E-state index is 11.4. The van der Waals surface area contributed by atoms with Gasteiger partial charge in [0.15, 0.2) is 0 Å². The second-order valence-electron chi connectivity index (χ2n) is 4.81. The van der Waals surface area contributed by atoms with Gasteiger partial charge in [0.05, 0.1) is 12.2 Å². The molecule has 19 heavy (non-hydrogen) atoms. The van der Waals surface area contributed by atoms with E-state index in [1.807, 2.05) is 0 Å². The summed E-state index contributed by atoms with van der Waals surface area (Å²) in [6.07, 6.45) is -0.781. The van der Waals surface area contributed by atoms with Gasteiger partial charge in [-0.2, -0.15) is 0 Å². The topological polar surface area (TPSA) is 61.8 Å². The van der Waals surface area contributed by atoms with Crippen LogP contribution in [-0.2, 0) is 9.47 Å². The maximum Gasteiger partial charge on any atom is 0.514 e. The summed E-state index contributed by atoms with van der Waals surface area (Å²) in [7, 11) is 0. The van der Waals surface area contributed by atoms with E-state index in [-0.39, 0.29) is 0 Å². The molecule has 0 spiro atoms. The highest BCUT2D eigenvalue weighted by molar-refractivity contribution is 5.89. The second kappa shape index (κ2) is 6.22. The largest absolute Gasteiger partial charge is 0.514 e. The van der Waals surface area contributed by atoms with Crippen LogP contribution in [0.1, 0.15) is 38.1 Å². The van der Waals surface area contributed by atoms with Crippen molar-refractivity contribution in [3.8, 4) is 5.75 Å². The SMILES string of the molecule is CCOC(=O)c1ccc(OC(=O)OC(C)(C)C)cc1. The van der Waals surface area contributed by atoms with Crippen molar-refractivity contribution >= 4 is 12.1 Å². The molecular weight excluding hydrogens is 248 g/mol. The number of carbonyl (C=O) groups is 2. The quantitative estimate of drug-likeness (QED) is 0.621. The average molecular weight is 266 g/mol. The number of benzene rings is 1. The van der Waals surface area contributed by atoms with Gasteiger partial charge in [0.2, 0.25) is 0 Å². The van der Waals surface area contributed by atoms with Crippen LogP contribution in [-0.4, -0.2) is 24.3 Å². The molecule has 0 unspecified atom stereocenters. The summed E-state index contributed by atoms with van der Waals surface area (Å²) in [5.41, 5.74) is -0.208. The Morgan fingerprint density at radius 2 is 1.68 bits per heavy atom. The van der Waals surface area contributed by atoms with E-state index < -0.39 is 17.7 Å². The van der Waals surface area contributed by atoms with Crippen LogP contribution in [0.15, 0.2) is 24.3 Å². The molecule has 0 saturated carbocycles. The Labute approximate surface area is 112 Å². The van der Waals surface area contributed by atoms with E-state index >= 15 is 0 Å². The number of hydrogen-bond donors (Lipinski definition) is 0. The first-order chi connectivity index (χ1) is 8.81. The van der Waals surface area contributed by atoms with Crippen LogP contribution in [0.3, 0.4) is 0 Å². The molecule has 0 aliphatic heterocycles. The molecule has 0 saturated heterocycles. The average Bonchev–Trinajstić information content (AvgIpc) is 2.27. The summed E-state index contributed by atoms with van der Waals surface area (Å²) in [5, 5.41) is 0. The molecule has 5 heteroatoms. The normalized spacial score (nSPS) is 10.7. The minimum absolute atomic E-state index is 0.308. The minimum atomic E-state index is -0.781. The van der Waals surface area contributed by atoms with Crippen LogP contribution in [0.4, 0.5) is 4.79 Å². The van der Waals surface area contributed by atoms with Gasteiger partial charge < -0.3 is 14.2 Å². The van der Waals surface area contributed by atoms with E-state index in [4.69, 9.17) is 14.2 Å². The molecule has 1 aromatic rings. The first kappa shape index (κ1) is 15.0. The summed E-state index contributed by atoms with van der Waals surface area (Å²) in [6.45, 7) is 7.29. The van der Waals surface area contributed by atoms with Gasteiger partial charge in [0.1, 0.15) is 11.4 Å². The number of carbonyl (C=O) groups excluding carboxylic acids is 2. The zero-order chi connectivity index (χ0) is 14.5. The van der Waals surface area contributed by atoms with Crippen molar-refractivity contribution in [2.45, 2.75) is 33.3 Å². The highest BCUT2D eigenvalue weighted by Crippen LogP contribution is 2.15. The van der Waals surface area contributed by atoms with Crippen LogP contribution in [0.5, 0.6) is 5.75 Å². The molecule has 0 fully saturated rings. The maximum atomic E-state index is 11.4. The molecule has 0 amide bonds. The van der Waals surface area contributed by atoms with E-state index in [1.54, 1.807) is 27.7 Å². The standard InChI is InChI=1S/C14H18O5/c1-5-17-12(15)10-6-8-11(9-7-10)18-13(16)19-14(2,3)4/h6-9H,5H2,1-4H3. The predicted octanol–water partition coefficient (Wildman–Crippen LogP) is 3.18. The first-order valence-corrected chi connectivity index (χ1v) is 6.00. The molecule has 0 atom stereocenters. The zero-order valence-electron chi connectivity index (χ0n) is 11.6. The molecule has 1 rings (SSSR count). The Morgan fingerprint density at radius 3 is 2.16 bits per heavy atom. The fourth-order valence-corrected chi connectivity index (χ4v) is 1.24. The summed E-state index contributed by atoms with van der Waals surface area (Å²) < 4.78 is 14.8. The first-order valence-electron chi connectivity index (χ1n) is 6.00. The van der Waals surface area contributed by atoms with Gasteiger partial charge in [-0.25, -0.2) is 9.59 Å². The van der Waals surface area contributed by atoms with Gasteiger partial charge in [-0.05, 0) is 52.0 Å². The molecular formula is C14H18O5. The van der Waals surface area contributed by atoms with Crippen LogP contribution in [0.25, 0.3) is 0 Å². The zero-order valence-corrected chi connectivity index (χ0v) is 11.6. The van der Waals surface area contributed by atoms with Gasteiger partial charge in [0, 0.05) is 0 Å². The fourth-order valence-electron chi connectivity index (χ4n) is 1.24. The lowest BCUT2D eigenvalue weighted by Crippen LogP contribution is -2.25. The molecule has 1 aromatic carbocycles. The summed E-state index contributed by atoms with van der Waals surface area (Å²) in [4.78, 5) is 22.8. The van der Waals surface area contributed by atoms with Gasteiger partial charge >= 0.3 is 12.1 Å². The van der Waals surface area contributed by atoms with Crippen LogP contribution >= 0.6 is 0 Å². The monoisotopic (exact) mass is 266 g/mol. The molecule has 0 heterocycles. The lowest BCUT2D eigenvalue weighted by Gasteiger charge is -2.18. The lowest BCUT2D eigenvalue weighted by molar-refractivity contribution is 0.0206. The number of hydrogen-bond acceptors (Lipinski definition) is 5. The van der Waals surface area contributed by atoms with E-state index in [9.17, 15) is 9.59 Å².